The largest absolute Gasteiger partial charge is 0.465 e. The van der Waals surface area contributed by atoms with Crippen LogP contribution in [0.5, 0.6) is 0 Å². The van der Waals surface area contributed by atoms with E-state index in [4.69, 9.17) is 9.84 Å². The molecule has 0 atom stereocenters. The van der Waals surface area contributed by atoms with E-state index in [2.05, 4.69) is 0 Å². The molecule has 1 amide bonds. The minimum absolute atomic E-state index is 0.187. The Labute approximate surface area is 123 Å². The lowest BCUT2D eigenvalue weighted by Gasteiger charge is -2.30. The molecule has 0 aliphatic carbocycles. The molecule has 0 fully saturated rings. The van der Waals surface area contributed by atoms with Gasteiger partial charge in [-0.25, -0.2) is 4.79 Å². The van der Waals surface area contributed by atoms with Gasteiger partial charge in [0.25, 0.3) is 0 Å². The molecule has 1 aromatic carbocycles. The van der Waals surface area contributed by atoms with Gasteiger partial charge in [-0.3, -0.25) is 4.79 Å². The van der Waals surface area contributed by atoms with Gasteiger partial charge in [-0.2, -0.15) is 0 Å². The van der Waals surface area contributed by atoms with Crippen molar-refractivity contribution in [1.29, 1.82) is 0 Å². The summed E-state index contributed by atoms with van der Waals surface area (Å²) in [5.74, 6) is -0.263. The van der Waals surface area contributed by atoms with Gasteiger partial charge in [-0.1, -0.05) is 12.1 Å². The van der Waals surface area contributed by atoms with E-state index in [0.717, 1.165) is 16.8 Å². The molecule has 0 saturated heterocycles. The maximum absolute atomic E-state index is 11.6. The SMILES string of the molecule is CCOC(=O)CN(C)c1cccc2c1CCN(C(=O)O)C2. The molecule has 21 heavy (non-hydrogen) atoms. The highest BCUT2D eigenvalue weighted by molar-refractivity contribution is 5.76. The van der Waals surface area contributed by atoms with Crippen molar-refractivity contribution >= 4 is 17.7 Å². The van der Waals surface area contributed by atoms with Crippen LogP contribution in [0.1, 0.15) is 18.1 Å². The van der Waals surface area contributed by atoms with Crippen LogP contribution in [0.25, 0.3) is 0 Å². The summed E-state index contributed by atoms with van der Waals surface area (Å²) in [6.45, 7) is 3.21. The molecule has 0 bridgehead atoms. The Balaban J connectivity index is 2.17. The van der Waals surface area contributed by atoms with Crippen LogP contribution in [0, 0.1) is 0 Å². The number of ether oxygens (including phenoxy) is 1. The minimum atomic E-state index is -0.897. The molecule has 114 valence electrons. The molecule has 1 aliphatic heterocycles. The summed E-state index contributed by atoms with van der Waals surface area (Å²) in [7, 11) is 1.84. The Morgan fingerprint density at radius 1 is 1.43 bits per heavy atom. The van der Waals surface area contributed by atoms with Crippen molar-refractivity contribution in [2.24, 2.45) is 0 Å². The zero-order valence-electron chi connectivity index (χ0n) is 12.3. The van der Waals surface area contributed by atoms with Crippen LogP contribution in [0.2, 0.25) is 0 Å². The van der Waals surface area contributed by atoms with Crippen LogP contribution < -0.4 is 4.90 Å². The lowest BCUT2D eigenvalue weighted by atomic mass is 9.97. The van der Waals surface area contributed by atoms with E-state index < -0.39 is 6.09 Å². The first-order valence-corrected chi connectivity index (χ1v) is 6.98. The number of benzene rings is 1. The average Bonchev–Trinajstić information content (AvgIpc) is 2.46. The number of hydrogen-bond donors (Lipinski definition) is 1. The normalized spacial score (nSPS) is 13.5. The number of fused-ring (bicyclic) bond motifs is 1. The van der Waals surface area contributed by atoms with Gasteiger partial charge in [0.05, 0.1) is 6.61 Å². The third-order valence-corrected chi connectivity index (χ3v) is 3.59. The standard InChI is InChI=1S/C15H20N2O4/c1-3-21-14(18)10-16(2)13-6-4-5-11-9-17(15(19)20)8-7-12(11)13/h4-6H,3,7-10H2,1-2H3,(H,19,20). The van der Waals surface area contributed by atoms with Gasteiger partial charge in [0, 0.05) is 25.8 Å². The highest BCUT2D eigenvalue weighted by Gasteiger charge is 2.23. The summed E-state index contributed by atoms with van der Waals surface area (Å²) in [5.41, 5.74) is 3.07. The molecule has 1 aliphatic rings. The van der Waals surface area contributed by atoms with E-state index in [1.165, 1.54) is 4.90 Å². The van der Waals surface area contributed by atoms with E-state index in [1.54, 1.807) is 6.92 Å². The third-order valence-electron chi connectivity index (χ3n) is 3.59. The molecule has 6 heteroatoms. The third kappa shape index (κ3) is 3.45. The first-order valence-electron chi connectivity index (χ1n) is 6.98. The Morgan fingerprint density at radius 2 is 2.19 bits per heavy atom. The number of anilines is 1. The highest BCUT2D eigenvalue weighted by Crippen LogP contribution is 2.28. The number of hydrogen-bond acceptors (Lipinski definition) is 4. The fraction of sp³-hybridized carbons (Fsp3) is 0.467. The van der Waals surface area contributed by atoms with Crippen LogP contribution in [-0.2, 0) is 22.5 Å². The van der Waals surface area contributed by atoms with Crippen LogP contribution in [-0.4, -0.2) is 48.8 Å². The topological polar surface area (TPSA) is 70.1 Å². The van der Waals surface area contributed by atoms with E-state index >= 15 is 0 Å². The summed E-state index contributed by atoms with van der Waals surface area (Å²) in [6.07, 6.45) is -0.240. The van der Waals surface area contributed by atoms with Gasteiger partial charge in [0.15, 0.2) is 0 Å². The number of likely N-dealkylation sites (N-methyl/N-ethyl adjacent to an activating group) is 1. The number of amides is 1. The van der Waals surface area contributed by atoms with Gasteiger partial charge < -0.3 is 19.6 Å². The molecule has 2 rings (SSSR count). The van der Waals surface area contributed by atoms with Gasteiger partial charge >= 0.3 is 12.1 Å². The second kappa shape index (κ2) is 6.47. The smallest absolute Gasteiger partial charge is 0.407 e. The molecule has 0 radical (unpaired) electrons. The lowest BCUT2D eigenvalue weighted by molar-refractivity contribution is -0.141. The summed E-state index contributed by atoms with van der Waals surface area (Å²) in [5, 5.41) is 9.07. The summed E-state index contributed by atoms with van der Waals surface area (Å²) in [6, 6.07) is 5.78. The van der Waals surface area contributed by atoms with Crippen molar-refractivity contribution in [2.45, 2.75) is 19.9 Å². The first-order chi connectivity index (χ1) is 10.0. The number of carboxylic acid groups (broad SMARTS) is 1. The molecule has 6 nitrogen and oxygen atoms in total. The van der Waals surface area contributed by atoms with Gasteiger partial charge in [-0.05, 0) is 30.5 Å². The quantitative estimate of drug-likeness (QED) is 0.856. The second-order valence-corrected chi connectivity index (χ2v) is 5.03. The monoisotopic (exact) mass is 292 g/mol. The Morgan fingerprint density at radius 3 is 2.86 bits per heavy atom. The number of rotatable bonds is 4. The van der Waals surface area contributed by atoms with Crippen LogP contribution >= 0.6 is 0 Å². The minimum Gasteiger partial charge on any atom is -0.465 e. The maximum Gasteiger partial charge on any atom is 0.407 e. The predicted octanol–water partition coefficient (Wildman–Crippen LogP) is 1.72. The van der Waals surface area contributed by atoms with Crippen molar-refractivity contribution in [3.8, 4) is 0 Å². The average molecular weight is 292 g/mol. The molecule has 1 aromatic rings. The van der Waals surface area contributed by atoms with Crippen molar-refractivity contribution in [1.82, 2.24) is 4.90 Å². The van der Waals surface area contributed by atoms with Gasteiger partial charge in [-0.15, -0.1) is 0 Å². The zero-order chi connectivity index (χ0) is 15.4. The van der Waals surface area contributed by atoms with Crippen molar-refractivity contribution in [3.05, 3.63) is 29.3 Å². The molecule has 1 N–H and O–H groups in total. The van der Waals surface area contributed by atoms with E-state index in [1.807, 2.05) is 30.1 Å². The number of carbonyl (C=O) groups is 2. The number of esters is 1. The Bertz CT molecular complexity index is 544. The predicted molar refractivity (Wildman–Crippen MR) is 78.5 cm³/mol. The fourth-order valence-corrected chi connectivity index (χ4v) is 2.60. The summed E-state index contributed by atoms with van der Waals surface area (Å²) < 4.78 is 4.96. The second-order valence-electron chi connectivity index (χ2n) is 5.03. The van der Waals surface area contributed by atoms with Crippen LogP contribution in [0.3, 0.4) is 0 Å². The lowest BCUT2D eigenvalue weighted by Crippen LogP contribution is -2.36. The number of carbonyl (C=O) groups excluding carboxylic acids is 1. The fourth-order valence-electron chi connectivity index (χ4n) is 2.60. The number of nitrogens with zero attached hydrogens (tertiary/aromatic N) is 2. The van der Waals surface area contributed by atoms with Gasteiger partial charge in [0.1, 0.15) is 6.54 Å². The van der Waals surface area contributed by atoms with Crippen LogP contribution in [0.4, 0.5) is 10.5 Å². The van der Waals surface area contributed by atoms with Gasteiger partial charge in [0.2, 0.25) is 0 Å². The van der Waals surface area contributed by atoms with E-state index in [9.17, 15) is 9.59 Å². The molecular formula is C15H20N2O4. The van der Waals surface area contributed by atoms with Crippen molar-refractivity contribution in [2.75, 3.05) is 31.6 Å². The Hall–Kier alpha value is -2.24. The molecule has 1 heterocycles. The molecule has 0 unspecified atom stereocenters. The maximum atomic E-state index is 11.6. The summed E-state index contributed by atoms with van der Waals surface area (Å²) in [4.78, 5) is 25.9. The zero-order valence-corrected chi connectivity index (χ0v) is 12.3. The summed E-state index contributed by atoms with van der Waals surface area (Å²) >= 11 is 0. The highest BCUT2D eigenvalue weighted by atomic mass is 16.5. The van der Waals surface area contributed by atoms with Crippen LogP contribution in [0.15, 0.2) is 18.2 Å². The first kappa shape index (κ1) is 15.2. The molecule has 0 aromatic heterocycles. The van der Waals surface area contributed by atoms with E-state index in [0.29, 0.717) is 26.1 Å². The Kier molecular flexibility index (Phi) is 4.67. The van der Waals surface area contributed by atoms with E-state index in [-0.39, 0.29) is 12.5 Å². The molecule has 0 saturated carbocycles. The molecular weight excluding hydrogens is 272 g/mol. The molecule has 0 spiro atoms. The van der Waals surface area contributed by atoms with Crippen molar-refractivity contribution in [3.63, 3.8) is 0 Å². The van der Waals surface area contributed by atoms with Crippen molar-refractivity contribution < 1.29 is 19.4 Å².